The van der Waals surface area contributed by atoms with Crippen molar-refractivity contribution in [1.82, 2.24) is 15.5 Å². The lowest BCUT2D eigenvalue weighted by atomic mass is 9.90. The second-order valence-electron chi connectivity index (χ2n) is 9.88. The standard InChI is InChI=1S/C25H34F3N5O3/c1-24(2,3)15-20(34)33-13-9-17(10-14-33)22(35)30-11-12-31-23(36)19(21(29)25(26,27)28)16-32-18-7-5-4-6-8-18/h4-8,16-17,29,32H,9-15H2,1-3H3,(H,30,35)(H,31,36)/b19-16+,29-21?. The van der Waals surface area contributed by atoms with Crippen LogP contribution in [0.1, 0.15) is 40.0 Å². The molecule has 0 saturated carbocycles. The third-order valence-corrected chi connectivity index (χ3v) is 5.56. The van der Waals surface area contributed by atoms with E-state index in [0.29, 0.717) is 38.0 Å². The Morgan fingerprint density at radius 2 is 1.61 bits per heavy atom. The molecule has 0 aromatic heterocycles. The van der Waals surface area contributed by atoms with E-state index in [9.17, 15) is 27.6 Å². The van der Waals surface area contributed by atoms with Gasteiger partial charge in [-0.1, -0.05) is 39.0 Å². The van der Waals surface area contributed by atoms with Gasteiger partial charge in [0, 0.05) is 50.4 Å². The molecule has 1 aliphatic rings. The SMILES string of the molecule is CC(C)(C)CC(=O)N1CCC(C(=O)NCCNC(=O)/C(=C/Nc2ccccc2)C(=N)C(F)(F)F)CC1. The van der Waals surface area contributed by atoms with Crippen LogP contribution in [0.15, 0.2) is 42.1 Å². The third kappa shape index (κ3) is 9.35. The molecule has 0 radical (unpaired) electrons. The minimum atomic E-state index is -5.00. The lowest BCUT2D eigenvalue weighted by Crippen LogP contribution is -2.45. The Labute approximate surface area is 209 Å². The molecule has 1 aromatic carbocycles. The van der Waals surface area contributed by atoms with E-state index in [0.717, 1.165) is 6.20 Å². The van der Waals surface area contributed by atoms with Crippen LogP contribution in [0, 0.1) is 16.7 Å². The first-order chi connectivity index (χ1) is 16.8. The van der Waals surface area contributed by atoms with Crippen molar-refractivity contribution in [3.05, 3.63) is 42.1 Å². The first kappa shape index (κ1) is 28.9. The molecule has 4 N–H and O–H groups in total. The van der Waals surface area contributed by atoms with Crippen LogP contribution in [0.25, 0.3) is 0 Å². The second-order valence-corrected chi connectivity index (χ2v) is 9.88. The van der Waals surface area contributed by atoms with Gasteiger partial charge in [-0.3, -0.25) is 19.8 Å². The first-order valence-electron chi connectivity index (χ1n) is 11.8. The topological polar surface area (TPSA) is 114 Å². The molecular formula is C25H34F3N5O3. The maximum Gasteiger partial charge on any atom is 0.433 e. The average Bonchev–Trinajstić information content (AvgIpc) is 2.80. The van der Waals surface area contributed by atoms with E-state index < -0.39 is 23.4 Å². The zero-order chi connectivity index (χ0) is 26.9. The smallest absolute Gasteiger partial charge is 0.361 e. The summed E-state index contributed by atoms with van der Waals surface area (Å²) in [6.45, 7) is 6.88. The molecule has 0 atom stereocenters. The van der Waals surface area contributed by atoms with Crippen molar-refractivity contribution < 1.29 is 27.6 Å². The molecule has 0 aliphatic carbocycles. The van der Waals surface area contributed by atoms with Gasteiger partial charge < -0.3 is 20.9 Å². The zero-order valence-electron chi connectivity index (χ0n) is 20.8. The van der Waals surface area contributed by atoms with Gasteiger partial charge in [0.2, 0.25) is 11.8 Å². The van der Waals surface area contributed by atoms with Crippen LogP contribution in [0.4, 0.5) is 18.9 Å². The molecular weight excluding hydrogens is 475 g/mol. The summed E-state index contributed by atoms with van der Waals surface area (Å²) >= 11 is 0. The van der Waals surface area contributed by atoms with Gasteiger partial charge in [0.1, 0.15) is 5.71 Å². The fraction of sp³-hybridized carbons (Fsp3) is 0.520. The van der Waals surface area contributed by atoms with E-state index in [1.807, 2.05) is 20.8 Å². The molecule has 11 heteroatoms. The Kier molecular flexibility index (Phi) is 10.1. The van der Waals surface area contributed by atoms with Gasteiger partial charge in [-0.2, -0.15) is 13.2 Å². The lowest BCUT2D eigenvalue weighted by Gasteiger charge is -2.33. The minimum absolute atomic E-state index is 0.0203. The number of hydrogen-bond acceptors (Lipinski definition) is 5. The van der Waals surface area contributed by atoms with Crippen LogP contribution in [0.2, 0.25) is 0 Å². The number of carbonyl (C=O) groups is 3. The van der Waals surface area contributed by atoms with E-state index in [4.69, 9.17) is 5.41 Å². The zero-order valence-corrected chi connectivity index (χ0v) is 20.8. The van der Waals surface area contributed by atoms with E-state index >= 15 is 0 Å². The fourth-order valence-electron chi connectivity index (χ4n) is 3.65. The molecule has 1 heterocycles. The largest absolute Gasteiger partial charge is 0.433 e. The Bertz CT molecular complexity index is 963. The van der Waals surface area contributed by atoms with Crippen molar-refractivity contribution >= 4 is 29.1 Å². The second kappa shape index (κ2) is 12.5. The number of amides is 3. The number of carbonyl (C=O) groups excluding carboxylic acids is 3. The highest BCUT2D eigenvalue weighted by atomic mass is 19.4. The molecule has 1 aromatic rings. The summed E-state index contributed by atoms with van der Waals surface area (Å²) in [6, 6.07) is 8.26. The van der Waals surface area contributed by atoms with Gasteiger partial charge in [-0.05, 0) is 30.4 Å². The summed E-state index contributed by atoms with van der Waals surface area (Å²) in [6.07, 6.45) is -2.68. The van der Waals surface area contributed by atoms with Gasteiger partial charge in [-0.25, -0.2) is 0 Å². The van der Waals surface area contributed by atoms with E-state index in [-0.39, 0.29) is 36.2 Å². The highest BCUT2D eigenvalue weighted by molar-refractivity contribution is 6.22. The number of rotatable bonds is 9. The number of hydrogen-bond donors (Lipinski definition) is 4. The highest BCUT2D eigenvalue weighted by Gasteiger charge is 2.39. The number of anilines is 1. The molecule has 198 valence electrons. The van der Waals surface area contributed by atoms with Gasteiger partial charge in [-0.15, -0.1) is 0 Å². The summed E-state index contributed by atoms with van der Waals surface area (Å²) in [5.74, 6) is -1.51. The molecule has 8 nitrogen and oxygen atoms in total. The first-order valence-corrected chi connectivity index (χ1v) is 11.8. The van der Waals surface area contributed by atoms with Crippen molar-refractivity contribution in [3.8, 4) is 0 Å². The van der Waals surface area contributed by atoms with Gasteiger partial charge in [0.25, 0.3) is 5.91 Å². The number of piperidine rings is 1. The monoisotopic (exact) mass is 509 g/mol. The summed E-state index contributed by atoms with van der Waals surface area (Å²) in [4.78, 5) is 39.0. The van der Waals surface area contributed by atoms with Crippen molar-refractivity contribution in [3.63, 3.8) is 0 Å². The number of benzene rings is 1. The summed E-state index contributed by atoms with van der Waals surface area (Å²) < 4.78 is 39.3. The molecule has 1 aliphatic heterocycles. The highest BCUT2D eigenvalue weighted by Crippen LogP contribution is 2.24. The van der Waals surface area contributed by atoms with E-state index in [2.05, 4.69) is 16.0 Å². The van der Waals surface area contributed by atoms with Crippen LogP contribution in [0.5, 0.6) is 0 Å². The maximum absolute atomic E-state index is 13.1. The molecule has 1 saturated heterocycles. The predicted molar refractivity (Wildman–Crippen MR) is 131 cm³/mol. The third-order valence-electron chi connectivity index (χ3n) is 5.56. The molecule has 0 unspecified atom stereocenters. The molecule has 0 bridgehead atoms. The number of alkyl halides is 3. The fourth-order valence-corrected chi connectivity index (χ4v) is 3.65. The van der Waals surface area contributed by atoms with E-state index in [1.165, 1.54) is 0 Å². The lowest BCUT2D eigenvalue weighted by molar-refractivity contribution is -0.137. The van der Waals surface area contributed by atoms with Crippen molar-refractivity contribution in [2.24, 2.45) is 11.3 Å². The normalized spacial score (nSPS) is 15.3. The van der Waals surface area contributed by atoms with Crippen LogP contribution in [-0.2, 0) is 14.4 Å². The summed E-state index contributed by atoms with van der Waals surface area (Å²) in [5.41, 5.74) is -2.30. The minimum Gasteiger partial charge on any atom is -0.361 e. The Hall–Kier alpha value is -3.37. The van der Waals surface area contributed by atoms with Crippen molar-refractivity contribution in [1.29, 1.82) is 5.41 Å². The molecule has 3 amide bonds. The summed E-state index contributed by atoms with van der Waals surface area (Å²) in [7, 11) is 0. The van der Waals surface area contributed by atoms with Crippen molar-refractivity contribution in [2.75, 3.05) is 31.5 Å². The van der Waals surface area contributed by atoms with Crippen LogP contribution >= 0.6 is 0 Å². The molecule has 0 spiro atoms. The summed E-state index contributed by atoms with van der Waals surface area (Å²) in [5, 5.41) is 15.0. The van der Waals surface area contributed by atoms with Gasteiger partial charge >= 0.3 is 6.18 Å². The van der Waals surface area contributed by atoms with E-state index in [1.54, 1.807) is 35.2 Å². The van der Waals surface area contributed by atoms with Crippen LogP contribution in [-0.4, -0.2) is 60.7 Å². The molecule has 1 fully saturated rings. The Morgan fingerprint density at radius 3 is 2.17 bits per heavy atom. The predicted octanol–water partition coefficient (Wildman–Crippen LogP) is 3.47. The van der Waals surface area contributed by atoms with Crippen molar-refractivity contribution in [2.45, 2.75) is 46.2 Å². The number of nitrogens with one attached hydrogen (secondary N) is 4. The number of likely N-dealkylation sites (tertiary alicyclic amines) is 1. The van der Waals surface area contributed by atoms with Gasteiger partial charge in [0.05, 0.1) is 5.57 Å². The Balaban J connectivity index is 1.82. The quantitative estimate of drug-likeness (QED) is 0.232. The average molecular weight is 510 g/mol. The molecule has 2 rings (SSSR count). The maximum atomic E-state index is 13.1. The molecule has 36 heavy (non-hydrogen) atoms. The number of para-hydroxylation sites is 1. The van der Waals surface area contributed by atoms with Crippen LogP contribution < -0.4 is 16.0 Å². The number of nitrogens with zero attached hydrogens (tertiary/aromatic N) is 1. The van der Waals surface area contributed by atoms with Gasteiger partial charge in [0.15, 0.2) is 0 Å². The number of halogens is 3. The Morgan fingerprint density at radius 1 is 1.03 bits per heavy atom. The van der Waals surface area contributed by atoms with Crippen LogP contribution in [0.3, 0.4) is 0 Å².